The molecule has 1 atom stereocenters. The minimum atomic E-state index is 0.464. The van der Waals surface area contributed by atoms with Gasteiger partial charge in [0.05, 0.1) is 0 Å². The number of hydrogen-bond donors (Lipinski definition) is 1. The molecule has 0 aliphatic carbocycles. The molecule has 1 aromatic rings. The number of hydrogen-bond acceptors (Lipinski definition) is 2. The number of thioether (sulfide) groups is 1. The Bertz CT molecular complexity index is 243. The van der Waals surface area contributed by atoms with Crippen molar-refractivity contribution in [2.45, 2.75) is 19.1 Å². The van der Waals surface area contributed by atoms with Crippen molar-refractivity contribution in [1.29, 1.82) is 0 Å². The van der Waals surface area contributed by atoms with Crippen LogP contribution in [0.2, 0.25) is 0 Å². The third-order valence-corrected chi connectivity index (χ3v) is 3.23. The van der Waals surface area contributed by atoms with Crippen molar-refractivity contribution in [2.24, 2.45) is 5.73 Å². The smallest absolute Gasteiger partial charge is 0.0419 e. The van der Waals surface area contributed by atoms with Gasteiger partial charge in [-0.2, -0.15) is 11.8 Å². The van der Waals surface area contributed by atoms with Crippen molar-refractivity contribution in [1.82, 2.24) is 0 Å². The fourth-order valence-corrected chi connectivity index (χ4v) is 2.17. The Kier molecular flexibility index (Phi) is 4.33. The van der Waals surface area contributed by atoms with Crippen molar-refractivity contribution in [3.05, 3.63) is 35.4 Å². The van der Waals surface area contributed by atoms with Crippen molar-refractivity contribution in [2.75, 3.05) is 12.3 Å². The van der Waals surface area contributed by atoms with Gasteiger partial charge in [0, 0.05) is 11.8 Å². The molecule has 0 saturated carbocycles. The van der Waals surface area contributed by atoms with Crippen LogP contribution in [-0.2, 0) is 0 Å². The van der Waals surface area contributed by atoms with E-state index in [0.717, 1.165) is 12.3 Å². The van der Waals surface area contributed by atoms with Gasteiger partial charge >= 0.3 is 0 Å². The molecule has 0 amide bonds. The number of benzene rings is 1. The topological polar surface area (TPSA) is 26.0 Å². The first kappa shape index (κ1) is 10.6. The summed E-state index contributed by atoms with van der Waals surface area (Å²) in [6, 6.07) is 8.65. The summed E-state index contributed by atoms with van der Waals surface area (Å²) >= 11 is 1.91. The molecule has 0 heterocycles. The van der Waals surface area contributed by atoms with Crippen LogP contribution in [0.1, 0.15) is 23.3 Å². The molecule has 2 N–H and O–H groups in total. The lowest BCUT2D eigenvalue weighted by Crippen LogP contribution is -2.09. The maximum absolute atomic E-state index is 5.71. The molecule has 1 unspecified atom stereocenters. The minimum Gasteiger partial charge on any atom is -0.329 e. The Morgan fingerprint density at radius 2 is 1.92 bits per heavy atom. The summed E-state index contributed by atoms with van der Waals surface area (Å²) in [7, 11) is 0. The summed E-state index contributed by atoms with van der Waals surface area (Å²) < 4.78 is 0. The second-order valence-electron chi connectivity index (χ2n) is 3.09. The quantitative estimate of drug-likeness (QED) is 0.799. The average Bonchev–Trinajstić information content (AvgIpc) is 2.16. The van der Waals surface area contributed by atoms with Crippen LogP contribution in [0, 0.1) is 6.92 Å². The Morgan fingerprint density at radius 3 is 2.38 bits per heavy atom. The van der Waals surface area contributed by atoms with Crippen LogP contribution in [0.25, 0.3) is 0 Å². The van der Waals surface area contributed by atoms with E-state index in [1.807, 2.05) is 11.8 Å². The first-order valence-corrected chi connectivity index (χ1v) is 5.71. The van der Waals surface area contributed by atoms with Gasteiger partial charge in [0.1, 0.15) is 0 Å². The van der Waals surface area contributed by atoms with E-state index < -0.39 is 0 Å². The zero-order valence-electron chi connectivity index (χ0n) is 8.29. The largest absolute Gasteiger partial charge is 0.329 e. The Balaban J connectivity index is 2.73. The third kappa shape index (κ3) is 3.05. The molecule has 1 aromatic carbocycles. The molecule has 0 fully saturated rings. The van der Waals surface area contributed by atoms with E-state index in [9.17, 15) is 0 Å². The number of nitrogens with two attached hydrogens (primary N) is 1. The van der Waals surface area contributed by atoms with Crippen LogP contribution in [0.5, 0.6) is 0 Å². The maximum Gasteiger partial charge on any atom is 0.0419 e. The first-order chi connectivity index (χ1) is 6.27. The maximum atomic E-state index is 5.71. The molecule has 13 heavy (non-hydrogen) atoms. The van der Waals surface area contributed by atoms with Crippen molar-refractivity contribution in [3.63, 3.8) is 0 Å². The highest BCUT2D eigenvalue weighted by atomic mass is 32.2. The molecule has 0 aromatic heterocycles. The minimum absolute atomic E-state index is 0.464. The highest BCUT2D eigenvalue weighted by Gasteiger charge is 2.07. The van der Waals surface area contributed by atoms with E-state index >= 15 is 0 Å². The molecular weight excluding hydrogens is 178 g/mol. The van der Waals surface area contributed by atoms with E-state index in [1.165, 1.54) is 11.1 Å². The number of rotatable bonds is 4. The van der Waals surface area contributed by atoms with Crippen molar-refractivity contribution < 1.29 is 0 Å². The lowest BCUT2D eigenvalue weighted by molar-refractivity contribution is 0.941. The van der Waals surface area contributed by atoms with E-state index in [-0.39, 0.29) is 0 Å². The Hall–Kier alpha value is -0.470. The molecule has 1 nitrogen and oxygen atoms in total. The molecule has 0 bridgehead atoms. The van der Waals surface area contributed by atoms with Gasteiger partial charge in [-0.1, -0.05) is 36.8 Å². The summed E-state index contributed by atoms with van der Waals surface area (Å²) in [5.41, 5.74) is 8.36. The average molecular weight is 195 g/mol. The highest BCUT2D eigenvalue weighted by molar-refractivity contribution is 7.99. The van der Waals surface area contributed by atoms with Crippen molar-refractivity contribution in [3.8, 4) is 0 Å². The van der Waals surface area contributed by atoms with Crippen LogP contribution >= 0.6 is 11.8 Å². The molecule has 2 heteroatoms. The van der Waals surface area contributed by atoms with E-state index in [0.29, 0.717) is 5.25 Å². The summed E-state index contributed by atoms with van der Waals surface area (Å²) in [5, 5.41) is 0.464. The molecule has 72 valence electrons. The van der Waals surface area contributed by atoms with Gasteiger partial charge in [-0.15, -0.1) is 0 Å². The van der Waals surface area contributed by atoms with Crippen molar-refractivity contribution >= 4 is 11.8 Å². The van der Waals surface area contributed by atoms with Crippen LogP contribution in [0.3, 0.4) is 0 Å². The molecule has 0 aliphatic rings. The lowest BCUT2D eigenvalue weighted by atomic mass is 10.1. The van der Waals surface area contributed by atoms with Gasteiger partial charge in [-0.05, 0) is 18.2 Å². The Labute approximate surface area is 84.7 Å². The SMILES string of the molecule is CCSC(CN)c1ccc(C)cc1. The van der Waals surface area contributed by atoms with E-state index in [1.54, 1.807) is 0 Å². The second kappa shape index (κ2) is 5.30. The zero-order chi connectivity index (χ0) is 9.68. The fraction of sp³-hybridized carbons (Fsp3) is 0.455. The summed E-state index contributed by atoms with van der Waals surface area (Å²) in [4.78, 5) is 0. The summed E-state index contributed by atoms with van der Waals surface area (Å²) in [6.45, 7) is 5.00. The highest BCUT2D eigenvalue weighted by Crippen LogP contribution is 2.27. The van der Waals surface area contributed by atoms with Gasteiger partial charge in [0.15, 0.2) is 0 Å². The van der Waals surface area contributed by atoms with Gasteiger partial charge < -0.3 is 5.73 Å². The summed E-state index contributed by atoms with van der Waals surface area (Å²) in [5.74, 6) is 1.12. The second-order valence-corrected chi connectivity index (χ2v) is 4.57. The molecule has 0 aliphatic heterocycles. The normalized spacial score (nSPS) is 12.8. The van der Waals surface area contributed by atoms with Gasteiger partial charge in [-0.25, -0.2) is 0 Å². The van der Waals surface area contributed by atoms with Gasteiger partial charge in [0.2, 0.25) is 0 Å². The van der Waals surface area contributed by atoms with Gasteiger partial charge in [-0.3, -0.25) is 0 Å². The van der Waals surface area contributed by atoms with E-state index in [4.69, 9.17) is 5.73 Å². The fourth-order valence-electron chi connectivity index (χ4n) is 1.28. The lowest BCUT2D eigenvalue weighted by Gasteiger charge is -2.13. The molecular formula is C11H17NS. The first-order valence-electron chi connectivity index (χ1n) is 4.66. The number of aryl methyl sites for hydroxylation is 1. The molecule has 0 radical (unpaired) electrons. The van der Waals surface area contributed by atoms with Crippen LogP contribution < -0.4 is 5.73 Å². The molecule has 0 saturated heterocycles. The van der Waals surface area contributed by atoms with Crippen LogP contribution in [0.15, 0.2) is 24.3 Å². The van der Waals surface area contributed by atoms with Crippen LogP contribution in [0.4, 0.5) is 0 Å². The van der Waals surface area contributed by atoms with Gasteiger partial charge in [0.25, 0.3) is 0 Å². The summed E-state index contributed by atoms with van der Waals surface area (Å²) in [6.07, 6.45) is 0. The zero-order valence-corrected chi connectivity index (χ0v) is 9.10. The predicted molar refractivity (Wildman–Crippen MR) is 61.1 cm³/mol. The van der Waals surface area contributed by atoms with E-state index in [2.05, 4.69) is 38.1 Å². The van der Waals surface area contributed by atoms with Crippen LogP contribution in [-0.4, -0.2) is 12.3 Å². The molecule has 0 spiro atoms. The third-order valence-electron chi connectivity index (χ3n) is 2.03. The standard InChI is InChI=1S/C11H17NS/c1-3-13-11(8-12)10-6-4-9(2)5-7-10/h4-7,11H,3,8,12H2,1-2H3. The Morgan fingerprint density at radius 1 is 1.31 bits per heavy atom. The monoisotopic (exact) mass is 195 g/mol. The molecule has 1 rings (SSSR count). The predicted octanol–water partition coefficient (Wildman–Crippen LogP) is 2.75.